The number of rotatable bonds is 8. The molecule has 2 aromatic rings. The molecule has 2 rings (SSSR count). The van der Waals surface area contributed by atoms with Crippen LogP contribution in [0, 0.1) is 6.92 Å². The highest BCUT2D eigenvalue weighted by Gasteiger charge is 2.20. The number of nitrogens with one attached hydrogen (secondary N) is 1. The molecular weight excluding hydrogens is 368 g/mol. The fourth-order valence-corrected chi connectivity index (χ4v) is 4.33. The Labute approximate surface area is 159 Å². The summed E-state index contributed by atoms with van der Waals surface area (Å²) in [5.41, 5.74) is 1.15. The van der Waals surface area contributed by atoms with Crippen LogP contribution in [0.2, 0.25) is 0 Å². The van der Waals surface area contributed by atoms with Gasteiger partial charge in [-0.25, -0.2) is 12.7 Å². The molecule has 0 bridgehead atoms. The lowest BCUT2D eigenvalue weighted by molar-refractivity contribution is -0.116. The topological polar surface area (TPSA) is 66.5 Å². The lowest BCUT2D eigenvalue weighted by Crippen LogP contribution is -2.23. The number of hydrogen-bond donors (Lipinski definition) is 1. The van der Waals surface area contributed by atoms with Gasteiger partial charge in [0.05, 0.1) is 4.90 Å². The first-order chi connectivity index (χ1) is 12.3. The Morgan fingerprint density at radius 1 is 1.12 bits per heavy atom. The summed E-state index contributed by atoms with van der Waals surface area (Å²) in [5.74, 6) is 0.738. The minimum atomic E-state index is -3.54. The molecule has 5 nitrogen and oxygen atoms in total. The molecule has 0 spiro atoms. The highest BCUT2D eigenvalue weighted by molar-refractivity contribution is 7.99. The summed E-state index contributed by atoms with van der Waals surface area (Å²) in [6.45, 7) is 1.74. The predicted molar refractivity (Wildman–Crippen MR) is 107 cm³/mol. The van der Waals surface area contributed by atoms with Crippen LogP contribution in [0.4, 0.5) is 5.69 Å². The first-order valence-electron chi connectivity index (χ1n) is 8.31. The molecular formula is C19H24N2O3S2. The van der Waals surface area contributed by atoms with Crippen molar-refractivity contribution >= 4 is 33.4 Å². The largest absolute Gasteiger partial charge is 0.326 e. The van der Waals surface area contributed by atoms with Crippen LogP contribution in [0.1, 0.15) is 18.4 Å². The number of thioether (sulfide) groups is 1. The molecule has 0 aliphatic heterocycles. The second-order valence-electron chi connectivity index (χ2n) is 6.08. The normalized spacial score (nSPS) is 11.5. The molecule has 1 N–H and O–H groups in total. The summed E-state index contributed by atoms with van der Waals surface area (Å²) in [6, 6.07) is 15.0. The number of aryl methyl sites for hydroxylation is 1. The van der Waals surface area contributed by atoms with Gasteiger partial charge in [-0.05, 0) is 48.9 Å². The van der Waals surface area contributed by atoms with Crippen molar-refractivity contribution in [2.24, 2.45) is 0 Å². The number of benzene rings is 2. The van der Waals surface area contributed by atoms with Crippen molar-refractivity contribution in [1.82, 2.24) is 4.31 Å². The summed E-state index contributed by atoms with van der Waals surface area (Å²) in [4.78, 5) is 13.5. The van der Waals surface area contributed by atoms with Gasteiger partial charge in [-0.1, -0.05) is 24.3 Å². The number of carbonyl (C=O) groups is 1. The highest BCUT2D eigenvalue weighted by atomic mass is 32.2. The Balaban J connectivity index is 1.91. The van der Waals surface area contributed by atoms with Gasteiger partial charge in [0, 0.05) is 31.1 Å². The van der Waals surface area contributed by atoms with Crippen LogP contribution in [-0.4, -0.2) is 38.5 Å². The SMILES string of the molecule is Cc1ccc(NC(=O)CCCSc2ccccc2)cc1S(=O)(=O)N(C)C. The van der Waals surface area contributed by atoms with E-state index in [1.54, 1.807) is 30.8 Å². The van der Waals surface area contributed by atoms with Crippen LogP contribution in [-0.2, 0) is 14.8 Å². The van der Waals surface area contributed by atoms with Gasteiger partial charge in [-0.15, -0.1) is 11.8 Å². The molecule has 0 radical (unpaired) electrons. The molecule has 0 saturated heterocycles. The molecule has 1 amide bonds. The van der Waals surface area contributed by atoms with E-state index in [9.17, 15) is 13.2 Å². The van der Waals surface area contributed by atoms with E-state index in [0.29, 0.717) is 17.7 Å². The Hall–Kier alpha value is -1.83. The first-order valence-corrected chi connectivity index (χ1v) is 10.7. The minimum Gasteiger partial charge on any atom is -0.326 e. The molecule has 0 saturated carbocycles. The quantitative estimate of drug-likeness (QED) is 0.549. The van der Waals surface area contributed by atoms with Crippen LogP contribution in [0.15, 0.2) is 58.3 Å². The molecule has 26 heavy (non-hydrogen) atoms. The number of hydrogen-bond acceptors (Lipinski definition) is 4. The van der Waals surface area contributed by atoms with Crippen LogP contribution in [0.3, 0.4) is 0 Å². The third-order valence-electron chi connectivity index (χ3n) is 3.79. The van der Waals surface area contributed by atoms with E-state index < -0.39 is 10.0 Å². The molecule has 7 heteroatoms. The zero-order valence-corrected chi connectivity index (χ0v) is 16.9. The average molecular weight is 393 g/mol. The van der Waals surface area contributed by atoms with Crippen LogP contribution < -0.4 is 5.32 Å². The van der Waals surface area contributed by atoms with Gasteiger partial charge in [0.1, 0.15) is 0 Å². The Morgan fingerprint density at radius 3 is 2.46 bits per heavy atom. The average Bonchev–Trinajstić information content (AvgIpc) is 2.61. The van der Waals surface area contributed by atoms with Crippen molar-refractivity contribution in [3.63, 3.8) is 0 Å². The van der Waals surface area contributed by atoms with Crippen molar-refractivity contribution in [3.05, 3.63) is 54.1 Å². The van der Waals surface area contributed by atoms with Gasteiger partial charge in [0.25, 0.3) is 0 Å². The van der Waals surface area contributed by atoms with E-state index in [-0.39, 0.29) is 10.8 Å². The van der Waals surface area contributed by atoms with Gasteiger partial charge < -0.3 is 5.32 Å². The van der Waals surface area contributed by atoms with Crippen LogP contribution in [0.25, 0.3) is 0 Å². The molecule has 0 aliphatic rings. The van der Waals surface area contributed by atoms with Gasteiger partial charge >= 0.3 is 0 Å². The van der Waals surface area contributed by atoms with Crippen molar-refractivity contribution in [3.8, 4) is 0 Å². The summed E-state index contributed by atoms with van der Waals surface area (Å²) in [6.07, 6.45) is 1.14. The Kier molecular flexibility index (Phi) is 7.25. The molecule has 0 aliphatic carbocycles. The monoisotopic (exact) mass is 392 g/mol. The number of amides is 1. The molecule has 0 atom stereocenters. The fourth-order valence-electron chi connectivity index (χ4n) is 2.32. The zero-order valence-electron chi connectivity index (χ0n) is 15.2. The minimum absolute atomic E-state index is 0.115. The Bertz CT molecular complexity index is 850. The number of carbonyl (C=O) groups excluding carboxylic acids is 1. The molecule has 0 unspecified atom stereocenters. The van der Waals surface area contributed by atoms with Crippen molar-refractivity contribution < 1.29 is 13.2 Å². The molecule has 2 aromatic carbocycles. The fraction of sp³-hybridized carbons (Fsp3) is 0.316. The van der Waals surface area contributed by atoms with E-state index in [1.807, 2.05) is 30.3 Å². The summed E-state index contributed by atoms with van der Waals surface area (Å²) >= 11 is 1.71. The highest BCUT2D eigenvalue weighted by Crippen LogP contribution is 2.23. The molecule has 0 heterocycles. The van der Waals surface area contributed by atoms with Crippen molar-refractivity contribution in [2.45, 2.75) is 29.6 Å². The third kappa shape index (κ3) is 5.59. The van der Waals surface area contributed by atoms with Gasteiger partial charge in [0.15, 0.2) is 0 Å². The lowest BCUT2D eigenvalue weighted by atomic mass is 10.2. The van der Waals surface area contributed by atoms with E-state index in [1.165, 1.54) is 29.4 Å². The maximum Gasteiger partial charge on any atom is 0.242 e. The maximum absolute atomic E-state index is 12.3. The number of sulfonamides is 1. The first kappa shape index (κ1) is 20.5. The standard InChI is InChI=1S/C19H24N2O3S2/c1-15-11-12-16(14-18(15)26(23,24)21(2)3)20-19(22)10-7-13-25-17-8-5-4-6-9-17/h4-6,8-9,11-12,14H,7,10,13H2,1-3H3,(H,20,22). The van der Waals surface area contributed by atoms with Gasteiger partial charge in [-0.2, -0.15) is 0 Å². The smallest absolute Gasteiger partial charge is 0.242 e. The van der Waals surface area contributed by atoms with Gasteiger partial charge in [0.2, 0.25) is 15.9 Å². The molecule has 0 aromatic heterocycles. The number of nitrogens with zero attached hydrogens (tertiary/aromatic N) is 1. The second-order valence-corrected chi connectivity index (χ2v) is 9.37. The summed E-state index contributed by atoms with van der Waals surface area (Å²) in [7, 11) is -0.558. The lowest BCUT2D eigenvalue weighted by Gasteiger charge is -2.15. The summed E-state index contributed by atoms with van der Waals surface area (Å²) < 4.78 is 25.9. The van der Waals surface area contributed by atoms with E-state index >= 15 is 0 Å². The van der Waals surface area contributed by atoms with Crippen molar-refractivity contribution in [1.29, 1.82) is 0 Å². The van der Waals surface area contributed by atoms with Gasteiger partial charge in [-0.3, -0.25) is 4.79 Å². The van der Waals surface area contributed by atoms with Crippen LogP contribution >= 0.6 is 11.8 Å². The Morgan fingerprint density at radius 2 is 1.81 bits per heavy atom. The van der Waals surface area contributed by atoms with Crippen molar-refractivity contribution in [2.75, 3.05) is 25.2 Å². The second kappa shape index (κ2) is 9.21. The zero-order chi connectivity index (χ0) is 19.2. The van der Waals surface area contributed by atoms with E-state index in [0.717, 1.165) is 12.2 Å². The summed E-state index contributed by atoms with van der Waals surface area (Å²) in [5, 5.41) is 2.79. The van der Waals surface area contributed by atoms with Crippen LogP contribution in [0.5, 0.6) is 0 Å². The predicted octanol–water partition coefficient (Wildman–Crippen LogP) is 3.76. The van der Waals surface area contributed by atoms with E-state index in [2.05, 4.69) is 5.32 Å². The third-order valence-corrected chi connectivity index (χ3v) is 6.85. The molecule has 0 fully saturated rings. The number of anilines is 1. The molecule has 140 valence electrons. The maximum atomic E-state index is 12.3. The van der Waals surface area contributed by atoms with E-state index in [4.69, 9.17) is 0 Å².